The summed E-state index contributed by atoms with van der Waals surface area (Å²) in [6.07, 6.45) is 1.71. The first kappa shape index (κ1) is 22.5. The lowest BCUT2D eigenvalue weighted by molar-refractivity contribution is -0.115. The van der Waals surface area contributed by atoms with Gasteiger partial charge in [0.2, 0.25) is 5.91 Å². The summed E-state index contributed by atoms with van der Waals surface area (Å²) < 4.78 is 11.0. The Bertz CT molecular complexity index is 1510. The number of fused-ring (bicyclic) bond motifs is 1. The third-order valence-electron chi connectivity index (χ3n) is 5.39. The van der Waals surface area contributed by atoms with Crippen molar-refractivity contribution in [2.75, 3.05) is 5.32 Å². The van der Waals surface area contributed by atoms with E-state index in [0.29, 0.717) is 38.6 Å². The largest absolute Gasteiger partial charge is 0.463 e. The molecule has 0 radical (unpaired) electrons. The van der Waals surface area contributed by atoms with Crippen molar-refractivity contribution in [1.82, 2.24) is 9.97 Å². The molecule has 0 saturated heterocycles. The number of aromatic nitrogens is 2. The molecule has 0 aliphatic carbocycles. The SMILES string of the molecule is Cc1ccccc1NC(=O)Cc1nc(COC(=O)c2cc(-c3ccco3)nc3ccccc23)cs1. The van der Waals surface area contributed by atoms with E-state index in [4.69, 9.17) is 9.15 Å². The lowest BCUT2D eigenvalue weighted by atomic mass is 10.1. The standard InChI is InChI=1S/C27H21N3O4S/c1-17-7-2-4-9-21(17)30-25(31)14-26-28-18(16-35-26)15-34-27(32)20-13-23(24-11-6-12-33-24)29-22-10-5-3-8-19(20)22/h2-13,16H,14-15H2,1H3,(H,30,31). The number of rotatable bonds is 7. The minimum absolute atomic E-state index is 0.00147. The summed E-state index contributed by atoms with van der Waals surface area (Å²) in [6, 6.07) is 20.2. The molecule has 1 amide bonds. The highest BCUT2D eigenvalue weighted by Gasteiger charge is 2.17. The van der Waals surface area contributed by atoms with E-state index >= 15 is 0 Å². The van der Waals surface area contributed by atoms with Crippen LogP contribution in [-0.2, 0) is 22.6 Å². The predicted octanol–water partition coefficient (Wildman–Crippen LogP) is 5.80. The Labute approximate surface area is 205 Å². The molecule has 174 valence electrons. The molecule has 5 aromatic rings. The summed E-state index contributed by atoms with van der Waals surface area (Å²) in [5, 5.41) is 6.04. The fraction of sp³-hybridized carbons (Fsp3) is 0.111. The number of benzene rings is 2. The second-order valence-electron chi connectivity index (χ2n) is 7.90. The second-order valence-corrected chi connectivity index (χ2v) is 8.84. The van der Waals surface area contributed by atoms with Crippen molar-refractivity contribution >= 4 is 39.8 Å². The van der Waals surface area contributed by atoms with Gasteiger partial charge in [0.15, 0.2) is 5.76 Å². The monoisotopic (exact) mass is 483 g/mol. The van der Waals surface area contributed by atoms with Crippen molar-refractivity contribution in [2.24, 2.45) is 0 Å². The number of hydrogen-bond donors (Lipinski definition) is 1. The molecule has 7 nitrogen and oxygen atoms in total. The topological polar surface area (TPSA) is 94.3 Å². The molecule has 8 heteroatoms. The van der Waals surface area contributed by atoms with E-state index in [2.05, 4.69) is 15.3 Å². The highest BCUT2D eigenvalue weighted by molar-refractivity contribution is 7.09. The first-order valence-corrected chi connectivity index (χ1v) is 11.8. The summed E-state index contributed by atoms with van der Waals surface area (Å²) in [6.45, 7) is 1.94. The number of nitrogens with zero attached hydrogens (tertiary/aromatic N) is 2. The highest BCUT2D eigenvalue weighted by Crippen LogP contribution is 2.26. The van der Waals surface area contributed by atoms with Gasteiger partial charge in [0.1, 0.15) is 17.3 Å². The molecular weight excluding hydrogens is 462 g/mol. The number of amides is 1. The molecule has 5 rings (SSSR count). The number of esters is 1. The zero-order valence-electron chi connectivity index (χ0n) is 18.9. The molecule has 0 unspecified atom stereocenters. The quantitative estimate of drug-likeness (QED) is 0.294. The molecule has 1 N–H and O–H groups in total. The predicted molar refractivity (Wildman–Crippen MR) is 134 cm³/mol. The Morgan fingerprint density at radius 2 is 1.86 bits per heavy atom. The zero-order chi connectivity index (χ0) is 24.2. The Kier molecular flexibility index (Phi) is 6.36. The van der Waals surface area contributed by atoms with Gasteiger partial charge >= 0.3 is 5.97 Å². The number of nitrogens with one attached hydrogen (secondary N) is 1. The third-order valence-corrected chi connectivity index (χ3v) is 6.29. The molecule has 2 aromatic carbocycles. The number of ether oxygens (including phenoxy) is 1. The van der Waals surface area contributed by atoms with Crippen molar-refractivity contribution in [1.29, 1.82) is 0 Å². The van der Waals surface area contributed by atoms with Crippen molar-refractivity contribution in [2.45, 2.75) is 20.0 Å². The third kappa shape index (κ3) is 5.12. The van der Waals surface area contributed by atoms with Crippen LogP contribution >= 0.6 is 11.3 Å². The lowest BCUT2D eigenvalue weighted by Gasteiger charge is -2.08. The summed E-state index contributed by atoms with van der Waals surface area (Å²) in [5.74, 6) is -0.0629. The second kappa shape index (κ2) is 9.90. The Hall–Kier alpha value is -4.30. The van der Waals surface area contributed by atoms with Crippen LogP contribution in [0, 0.1) is 6.92 Å². The molecular formula is C27H21N3O4S. The number of anilines is 1. The normalized spacial score (nSPS) is 10.9. The first-order valence-electron chi connectivity index (χ1n) is 11.0. The number of carbonyl (C=O) groups excluding carboxylic acids is 2. The number of para-hydroxylation sites is 2. The van der Waals surface area contributed by atoms with Gasteiger partial charge in [-0.2, -0.15) is 0 Å². The van der Waals surface area contributed by atoms with Crippen molar-refractivity contribution in [3.8, 4) is 11.5 Å². The maximum absolute atomic E-state index is 13.0. The maximum Gasteiger partial charge on any atom is 0.339 e. The van der Waals surface area contributed by atoms with E-state index < -0.39 is 5.97 Å². The number of furan rings is 1. The smallest absolute Gasteiger partial charge is 0.339 e. The van der Waals surface area contributed by atoms with Gasteiger partial charge in [-0.25, -0.2) is 14.8 Å². The first-order chi connectivity index (χ1) is 17.1. The van der Waals surface area contributed by atoms with Crippen LogP contribution < -0.4 is 5.32 Å². The summed E-state index contributed by atoms with van der Waals surface area (Å²) >= 11 is 1.36. The highest BCUT2D eigenvalue weighted by atomic mass is 32.1. The van der Waals surface area contributed by atoms with Gasteiger partial charge in [-0.1, -0.05) is 36.4 Å². The molecule has 0 bridgehead atoms. The number of hydrogen-bond acceptors (Lipinski definition) is 7. The van der Waals surface area contributed by atoms with Crippen LogP contribution in [0.4, 0.5) is 5.69 Å². The molecule has 0 spiro atoms. The molecule has 0 atom stereocenters. The zero-order valence-corrected chi connectivity index (χ0v) is 19.7. The molecule has 0 aliphatic rings. The Balaban J connectivity index is 1.27. The van der Waals surface area contributed by atoms with Crippen molar-refractivity contribution in [3.05, 3.63) is 100 Å². The van der Waals surface area contributed by atoms with E-state index in [1.807, 2.05) is 55.5 Å². The van der Waals surface area contributed by atoms with Crippen molar-refractivity contribution in [3.63, 3.8) is 0 Å². The van der Waals surface area contributed by atoms with Crippen LogP contribution in [0.1, 0.15) is 26.6 Å². The van der Waals surface area contributed by atoms with Gasteiger partial charge in [0, 0.05) is 16.5 Å². The van der Waals surface area contributed by atoms with Gasteiger partial charge < -0.3 is 14.5 Å². The fourth-order valence-electron chi connectivity index (χ4n) is 3.65. The number of pyridine rings is 1. The Morgan fingerprint density at radius 1 is 1.03 bits per heavy atom. The maximum atomic E-state index is 13.0. The van der Waals surface area contributed by atoms with Crippen LogP contribution in [0.3, 0.4) is 0 Å². The van der Waals surface area contributed by atoms with E-state index in [0.717, 1.165) is 11.3 Å². The summed E-state index contributed by atoms with van der Waals surface area (Å²) in [5.41, 5.74) is 3.98. The number of carbonyl (C=O) groups is 2. The minimum atomic E-state index is -0.483. The average Bonchev–Trinajstić information content (AvgIpc) is 3.56. The summed E-state index contributed by atoms with van der Waals surface area (Å²) in [7, 11) is 0. The van der Waals surface area contributed by atoms with Crippen LogP contribution in [0.2, 0.25) is 0 Å². The molecule has 35 heavy (non-hydrogen) atoms. The van der Waals surface area contributed by atoms with Crippen LogP contribution in [0.5, 0.6) is 0 Å². The van der Waals surface area contributed by atoms with Gasteiger partial charge in [0.25, 0.3) is 0 Å². The Morgan fingerprint density at radius 3 is 2.69 bits per heavy atom. The van der Waals surface area contributed by atoms with Gasteiger partial charge in [-0.15, -0.1) is 11.3 Å². The summed E-state index contributed by atoms with van der Waals surface area (Å²) in [4.78, 5) is 34.5. The van der Waals surface area contributed by atoms with E-state index in [-0.39, 0.29) is 18.9 Å². The molecule has 0 saturated carbocycles. The van der Waals surface area contributed by atoms with E-state index in [1.165, 1.54) is 11.3 Å². The average molecular weight is 484 g/mol. The lowest BCUT2D eigenvalue weighted by Crippen LogP contribution is -2.15. The molecule has 3 aromatic heterocycles. The molecule has 0 aliphatic heterocycles. The van der Waals surface area contributed by atoms with E-state index in [9.17, 15) is 9.59 Å². The van der Waals surface area contributed by atoms with Gasteiger partial charge in [-0.3, -0.25) is 4.79 Å². The van der Waals surface area contributed by atoms with Crippen molar-refractivity contribution < 1.29 is 18.7 Å². The van der Waals surface area contributed by atoms with Crippen LogP contribution in [-0.4, -0.2) is 21.8 Å². The van der Waals surface area contributed by atoms with Crippen LogP contribution in [0.15, 0.2) is 82.8 Å². The molecule has 0 fully saturated rings. The van der Waals surface area contributed by atoms with Crippen LogP contribution in [0.25, 0.3) is 22.4 Å². The fourth-order valence-corrected chi connectivity index (χ4v) is 4.43. The number of thiazole rings is 1. The van der Waals surface area contributed by atoms with Gasteiger partial charge in [-0.05, 0) is 42.8 Å². The van der Waals surface area contributed by atoms with Gasteiger partial charge in [0.05, 0.1) is 29.5 Å². The number of aryl methyl sites for hydroxylation is 1. The molecule has 3 heterocycles. The van der Waals surface area contributed by atoms with E-state index in [1.54, 1.807) is 29.8 Å². The minimum Gasteiger partial charge on any atom is -0.463 e.